The highest BCUT2D eigenvalue weighted by atomic mass is 16.3. The van der Waals surface area contributed by atoms with Gasteiger partial charge in [0.15, 0.2) is 0 Å². The lowest BCUT2D eigenvalue weighted by Crippen LogP contribution is -2.31. The fourth-order valence-corrected chi connectivity index (χ4v) is 3.30. The Hall–Kier alpha value is -1.60. The molecule has 0 radical (unpaired) electrons. The molecule has 0 unspecified atom stereocenters. The first-order valence-electron chi connectivity index (χ1n) is 7.11. The summed E-state index contributed by atoms with van der Waals surface area (Å²) in [5, 5.41) is 10.8. The second-order valence-corrected chi connectivity index (χ2v) is 5.47. The van der Waals surface area contributed by atoms with Crippen LogP contribution in [0.15, 0.2) is 54.6 Å². The molecule has 0 saturated heterocycles. The van der Waals surface area contributed by atoms with Crippen molar-refractivity contribution in [2.45, 2.75) is 37.7 Å². The molecule has 3 rings (SSSR count). The van der Waals surface area contributed by atoms with Gasteiger partial charge in [0.1, 0.15) is 0 Å². The van der Waals surface area contributed by atoms with Crippen molar-refractivity contribution in [1.29, 1.82) is 0 Å². The van der Waals surface area contributed by atoms with Crippen LogP contribution in [0.1, 0.15) is 48.8 Å². The highest BCUT2D eigenvalue weighted by Crippen LogP contribution is 2.45. The van der Waals surface area contributed by atoms with Gasteiger partial charge in [-0.1, -0.05) is 61.5 Å². The standard InChI is InChI=1S/C18H20O/c1-2-18(19)13-12-15(14-8-4-3-5-9-14)16-10-6-7-11-17(16)18/h3-11,15,19H,2,12-13H2,1H3/t15-,18+/m1/s1. The molecule has 2 aromatic carbocycles. The van der Waals surface area contributed by atoms with E-state index in [1.165, 1.54) is 11.1 Å². The van der Waals surface area contributed by atoms with Crippen LogP contribution in [-0.4, -0.2) is 5.11 Å². The molecule has 2 atom stereocenters. The Balaban J connectivity index is 2.10. The van der Waals surface area contributed by atoms with Crippen LogP contribution in [0.4, 0.5) is 0 Å². The SMILES string of the molecule is CC[C@]1(O)CC[C@H](c2ccccc2)c2ccccc21. The number of benzene rings is 2. The highest BCUT2D eigenvalue weighted by molar-refractivity contribution is 5.43. The van der Waals surface area contributed by atoms with Crippen molar-refractivity contribution in [3.63, 3.8) is 0 Å². The van der Waals surface area contributed by atoms with Gasteiger partial charge in [0, 0.05) is 5.92 Å². The second kappa shape index (κ2) is 4.82. The summed E-state index contributed by atoms with van der Waals surface area (Å²) in [5.41, 5.74) is 3.14. The van der Waals surface area contributed by atoms with Crippen molar-refractivity contribution >= 4 is 0 Å². The molecule has 0 amide bonds. The number of hydrogen-bond acceptors (Lipinski definition) is 1. The molecule has 1 aliphatic carbocycles. The molecule has 0 fully saturated rings. The molecule has 0 saturated carbocycles. The zero-order valence-electron chi connectivity index (χ0n) is 11.3. The highest BCUT2D eigenvalue weighted by Gasteiger charge is 2.36. The molecule has 2 aromatic rings. The molecule has 0 heterocycles. The molecular formula is C18H20O. The van der Waals surface area contributed by atoms with E-state index in [2.05, 4.69) is 55.5 Å². The van der Waals surface area contributed by atoms with Crippen LogP contribution >= 0.6 is 0 Å². The topological polar surface area (TPSA) is 20.2 Å². The number of rotatable bonds is 2. The number of fused-ring (bicyclic) bond motifs is 1. The second-order valence-electron chi connectivity index (χ2n) is 5.47. The van der Waals surface area contributed by atoms with E-state index in [1.807, 2.05) is 6.07 Å². The van der Waals surface area contributed by atoms with E-state index in [-0.39, 0.29) is 0 Å². The van der Waals surface area contributed by atoms with Gasteiger partial charge in [0.05, 0.1) is 5.60 Å². The zero-order chi connectivity index (χ0) is 13.3. The Morgan fingerprint density at radius 1 is 1.05 bits per heavy atom. The summed E-state index contributed by atoms with van der Waals surface area (Å²) < 4.78 is 0. The molecule has 0 aromatic heterocycles. The normalized spacial score (nSPS) is 25.9. The summed E-state index contributed by atoms with van der Waals surface area (Å²) in [6, 6.07) is 19.0. The van der Waals surface area contributed by atoms with Gasteiger partial charge >= 0.3 is 0 Å². The summed E-state index contributed by atoms with van der Waals surface area (Å²) in [5.74, 6) is 0.421. The molecule has 1 N–H and O–H groups in total. The molecule has 1 aliphatic rings. The molecule has 0 bridgehead atoms. The average molecular weight is 252 g/mol. The van der Waals surface area contributed by atoms with Crippen molar-refractivity contribution in [2.24, 2.45) is 0 Å². The molecule has 1 heteroatoms. The first-order valence-corrected chi connectivity index (χ1v) is 7.11. The zero-order valence-corrected chi connectivity index (χ0v) is 11.3. The maximum absolute atomic E-state index is 10.8. The molecular weight excluding hydrogens is 232 g/mol. The van der Waals surface area contributed by atoms with Crippen LogP contribution in [0.5, 0.6) is 0 Å². The molecule has 98 valence electrons. The van der Waals surface area contributed by atoms with Crippen LogP contribution in [0, 0.1) is 0 Å². The minimum Gasteiger partial charge on any atom is -0.385 e. The summed E-state index contributed by atoms with van der Waals surface area (Å²) in [4.78, 5) is 0. The van der Waals surface area contributed by atoms with E-state index in [1.54, 1.807) is 0 Å². The first-order chi connectivity index (χ1) is 9.24. The van der Waals surface area contributed by atoms with Crippen molar-refractivity contribution in [3.8, 4) is 0 Å². The quantitative estimate of drug-likeness (QED) is 0.849. The minimum absolute atomic E-state index is 0.421. The van der Waals surface area contributed by atoms with Gasteiger partial charge in [-0.2, -0.15) is 0 Å². The Morgan fingerprint density at radius 3 is 2.47 bits per heavy atom. The first kappa shape index (κ1) is 12.4. The fourth-order valence-electron chi connectivity index (χ4n) is 3.30. The van der Waals surface area contributed by atoms with Crippen molar-refractivity contribution in [2.75, 3.05) is 0 Å². The fraction of sp³-hybridized carbons (Fsp3) is 0.333. The van der Waals surface area contributed by atoms with Gasteiger partial charge in [-0.15, -0.1) is 0 Å². The maximum Gasteiger partial charge on any atom is 0.0897 e. The van der Waals surface area contributed by atoms with E-state index in [0.717, 1.165) is 24.8 Å². The Morgan fingerprint density at radius 2 is 1.74 bits per heavy atom. The average Bonchev–Trinajstić information content (AvgIpc) is 2.49. The molecule has 0 aliphatic heterocycles. The maximum atomic E-state index is 10.8. The lowest BCUT2D eigenvalue weighted by molar-refractivity contribution is 0.0127. The van der Waals surface area contributed by atoms with Gasteiger partial charge in [-0.3, -0.25) is 0 Å². The van der Waals surface area contributed by atoms with Gasteiger partial charge in [0.25, 0.3) is 0 Å². The minimum atomic E-state index is -0.637. The van der Waals surface area contributed by atoms with Gasteiger partial charge in [-0.05, 0) is 36.0 Å². The summed E-state index contributed by atoms with van der Waals surface area (Å²) in [7, 11) is 0. The van der Waals surface area contributed by atoms with Gasteiger partial charge < -0.3 is 5.11 Å². The largest absolute Gasteiger partial charge is 0.385 e. The van der Waals surface area contributed by atoms with E-state index in [4.69, 9.17) is 0 Å². The summed E-state index contributed by atoms with van der Waals surface area (Å²) in [6.45, 7) is 2.07. The number of hydrogen-bond donors (Lipinski definition) is 1. The third-order valence-electron chi connectivity index (χ3n) is 4.47. The summed E-state index contributed by atoms with van der Waals surface area (Å²) in [6.07, 6.45) is 2.65. The Bertz CT molecular complexity index is 561. The van der Waals surface area contributed by atoms with Crippen LogP contribution in [0.2, 0.25) is 0 Å². The monoisotopic (exact) mass is 252 g/mol. The van der Waals surface area contributed by atoms with Crippen LogP contribution in [0.3, 0.4) is 0 Å². The van der Waals surface area contributed by atoms with E-state index in [0.29, 0.717) is 5.92 Å². The molecule has 19 heavy (non-hydrogen) atoms. The van der Waals surface area contributed by atoms with E-state index >= 15 is 0 Å². The third kappa shape index (κ3) is 2.08. The third-order valence-corrected chi connectivity index (χ3v) is 4.47. The van der Waals surface area contributed by atoms with Crippen LogP contribution in [0.25, 0.3) is 0 Å². The lowest BCUT2D eigenvalue weighted by atomic mass is 9.71. The van der Waals surface area contributed by atoms with Crippen molar-refractivity contribution in [3.05, 3.63) is 71.3 Å². The van der Waals surface area contributed by atoms with Crippen LogP contribution < -0.4 is 0 Å². The smallest absolute Gasteiger partial charge is 0.0897 e. The van der Waals surface area contributed by atoms with Gasteiger partial charge in [-0.25, -0.2) is 0 Å². The van der Waals surface area contributed by atoms with Crippen molar-refractivity contribution < 1.29 is 5.11 Å². The van der Waals surface area contributed by atoms with E-state index < -0.39 is 5.60 Å². The predicted octanol–water partition coefficient (Wildman–Crippen LogP) is 4.21. The Labute approximate surface area is 114 Å². The van der Waals surface area contributed by atoms with Crippen molar-refractivity contribution in [1.82, 2.24) is 0 Å². The molecule has 1 nitrogen and oxygen atoms in total. The lowest BCUT2D eigenvalue weighted by Gasteiger charge is -2.38. The number of aliphatic hydroxyl groups is 1. The van der Waals surface area contributed by atoms with Crippen LogP contribution in [-0.2, 0) is 5.60 Å². The Kier molecular flexibility index (Phi) is 3.16. The predicted molar refractivity (Wildman–Crippen MR) is 78.1 cm³/mol. The molecule has 0 spiro atoms. The summed E-state index contributed by atoms with van der Waals surface area (Å²) >= 11 is 0. The van der Waals surface area contributed by atoms with Gasteiger partial charge in [0.2, 0.25) is 0 Å². The van der Waals surface area contributed by atoms with E-state index in [9.17, 15) is 5.11 Å².